The maximum atomic E-state index is 3.75. The molecule has 21 heavy (non-hydrogen) atoms. The SMILES string of the molecule is CCNC(Cc1ccc(C(C)(C)C)cc1)C1CCCCC1. The zero-order valence-electron chi connectivity index (χ0n) is 14.4. The minimum Gasteiger partial charge on any atom is -0.314 e. The van der Waals surface area contributed by atoms with Gasteiger partial charge in [0.2, 0.25) is 0 Å². The Balaban J connectivity index is 2.02. The van der Waals surface area contributed by atoms with E-state index in [1.54, 1.807) is 0 Å². The Bertz CT molecular complexity index is 406. The van der Waals surface area contributed by atoms with Crippen molar-refractivity contribution in [1.82, 2.24) is 5.32 Å². The zero-order valence-corrected chi connectivity index (χ0v) is 14.4. The van der Waals surface area contributed by atoms with Gasteiger partial charge in [0.05, 0.1) is 0 Å². The first-order valence-corrected chi connectivity index (χ1v) is 8.83. The molecule has 2 rings (SSSR count). The minimum absolute atomic E-state index is 0.253. The molecule has 1 atom stereocenters. The Kier molecular flexibility index (Phi) is 5.87. The summed E-state index contributed by atoms with van der Waals surface area (Å²) in [4.78, 5) is 0. The first-order valence-electron chi connectivity index (χ1n) is 8.83. The summed E-state index contributed by atoms with van der Waals surface area (Å²) in [7, 11) is 0. The molecule has 0 saturated heterocycles. The van der Waals surface area contributed by atoms with Crippen LogP contribution >= 0.6 is 0 Å². The van der Waals surface area contributed by atoms with E-state index < -0.39 is 0 Å². The quantitative estimate of drug-likeness (QED) is 0.796. The lowest BCUT2D eigenvalue weighted by Gasteiger charge is -2.31. The molecule has 1 unspecified atom stereocenters. The molecular formula is C20H33N. The van der Waals surface area contributed by atoms with Crippen LogP contribution in [-0.4, -0.2) is 12.6 Å². The van der Waals surface area contributed by atoms with E-state index >= 15 is 0 Å². The Labute approximate surface area is 131 Å². The molecule has 0 aromatic heterocycles. The van der Waals surface area contributed by atoms with Crippen LogP contribution in [-0.2, 0) is 11.8 Å². The van der Waals surface area contributed by atoms with Gasteiger partial charge in [-0.2, -0.15) is 0 Å². The lowest BCUT2D eigenvalue weighted by atomic mass is 9.81. The van der Waals surface area contributed by atoms with E-state index in [0.29, 0.717) is 6.04 Å². The van der Waals surface area contributed by atoms with Crippen LogP contribution < -0.4 is 5.32 Å². The topological polar surface area (TPSA) is 12.0 Å². The summed E-state index contributed by atoms with van der Waals surface area (Å²) in [5.74, 6) is 0.876. The van der Waals surface area contributed by atoms with E-state index in [-0.39, 0.29) is 5.41 Å². The summed E-state index contributed by atoms with van der Waals surface area (Å²) in [6.45, 7) is 10.2. The average Bonchev–Trinajstić information content (AvgIpc) is 2.47. The van der Waals surface area contributed by atoms with Crippen LogP contribution in [0.4, 0.5) is 0 Å². The van der Waals surface area contributed by atoms with Crippen molar-refractivity contribution >= 4 is 0 Å². The number of nitrogens with one attached hydrogen (secondary N) is 1. The van der Waals surface area contributed by atoms with Gasteiger partial charge in [-0.15, -0.1) is 0 Å². The Morgan fingerprint density at radius 2 is 1.67 bits per heavy atom. The molecule has 1 aliphatic carbocycles. The highest BCUT2D eigenvalue weighted by Crippen LogP contribution is 2.28. The fourth-order valence-corrected chi connectivity index (χ4v) is 3.60. The first kappa shape index (κ1) is 16.5. The van der Waals surface area contributed by atoms with E-state index in [9.17, 15) is 0 Å². The third-order valence-electron chi connectivity index (χ3n) is 4.96. The summed E-state index contributed by atoms with van der Waals surface area (Å²) >= 11 is 0. The summed E-state index contributed by atoms with van der Waals surface area (Å²) in [6, 6.07) is 9.98. The van der Waals surface area contributed by atoms with Gasteiger partial charge in [0, 0.05) is 6.04 Å². The molecular weight excluding hydrogens is 254 g/mol. The molecule has 1 nitrogen and oxygen atoms in total. The average molecular weight is 287 g/mol. The lowest BCUT2D eigenvalue weighted by Crippen LogP contribution is -2.39. The highest BCUT2D eigenvalue weighted by atomic mass is 14.9. The number of hydrogen-bond donors (Lipinski definition) is 1. The highest BCUT2D eigenvalue weighted by molar-refractivity contribution is 5.28. The lowest BCUT2D eigenvalue weighted by molar-refractivity contribution is 0.269. The van der Waals surface area contributed by atoms with Crippen molar-refractivity contribution in [2.75, 3.05) is 6.54 Å². The fraction of sp³-hybridized carbons (Fsp3) is 0.700. The second kappa shape index (κ2) is 7.45. The predicted molar refractivity (Wildman–Crippen MR) is 92.9 cm³/mol. The van der Waals surface area contributed by atoms with Crippen LogP contribution in [0.2, 0.25) is 0 Å². The van der Waals surface area contributed by atoms with E-state index in [4.69, 9.17) is 0 Å². The van der Waals surface area contributed by atoms with Crippen LogP contribution in [0.1, 0.15) is 70.9 Å². The molecule has 1 aliphatic rings. The van der Waals surface area contributed by atoms with E-state index in [0.717, 1.165) is 12.5 Å². The minimum atomic E-state index is 0.253. The summed E-state index contributed by atoms with van der Waals surface area (Å²) in [5.41, 5.74) is 3.17. The fourth-order valence-electron chi connectivity index (χ4n) is 3.60. The third-order valence-corrected chi connectivity index (χ3v) is 4.96. The monoisotopic (exact) mass is 287 g/mol. The summed E-state index contributed by atoms with van der Waals surface area (Å²) < 4.78 is 0. The summed E-state index contributed by atoms with van der Waals surface area (Å²) in [5, 5.41) is 3.75. The van der Waals surface area contributed by atoms with Crippen molar-refractivity contribution in [2.24, 2.45) is 5.92 Å². The molecule has 1 heteroatoms. The Hall–Kier alpha value is -0.820. The van der Waals surface area contributed by atoms with Crippen LogP contribution in [0.15, 0.2) is 24.3 Å². The number of hydrogen-bond acceptors (Lipinski definition) is 1. The van der Waals surface area contributed by atoms with Gasteiger partial charge in [-0.05, 0) is 48.3 Å². The van der Waals surface area contributed by atoms with Gasteiger partial charge in [0.1, 0.15) is 0 Å². The van der Waals surface area contributed by atoms with Crippen LogP contribution in [0, 0.1) is 5.92 Å². The van der Waals surface area contributed by atoms with E-state index in [1.165, 1.54) is 49.7 Å². The largest absolute Gasteiger partial charge is 0.314 e. The number of rotatable bonds is 5. The molecule has 0 aliphatic heterocycles. The third kappa shape index (κ3) is 4.85. The van der Waals surface area contributed by atoms with Crippen molar-refractivity contribution in [3.8, 4) is 0 Å². The second-order valence-corrected chi connectivity index (χ2v) is 7.71. The molecule has 118 valence electrons. The summed E-state index contributed by atoms with van der Waals surface area (Å²) in [6.07, 6.45) is 8.30. The van der Waals surface area contributed by atoms with Crippen LogP contribution in [0.5, 0.6) is 0 Å². The number of likely N-dealkylation sites (N-methyl/N-ethyl adjacent to an activating group) is 1. The molecule has 1 saturated carbocycles. The van der Waals surface area contributed by atoms with Crippen molar-refractivity contribution in [3.63, 3.8) is 0 Å². The molecule has 0 radical (unpaired) electrons. The van der Waals surface area contributed by atoms with Gasteiger partial charge < -0.3 is 5.32 Å². The van der Waals surface area contributed by atoms with Crippen molar-refractivity contribution in [2.45, 2.75) is 77.7 Å². The van der Waals surface area contributed by atoms with Crippen molar-refractivity contribution in [1.29, 1.82) is 0 Å². The zero-order chi connectivity index (χ0) is 15.3. The normalized spacial score (nSPS) is 18.7. The van der Waals surface area contributed by atoms with Crippen molar-refractivity contribution in [3.05, 3.63) is 35.4 Å². The standard InChI is InChI=1S/C20H33N/c1-5-21-19(17-9-7-6-8-10-17)15-16-11-13-18(14-12-16)20(2,3)4/h11-14,17,19,21H,5-10,15H2,1-4H3. The Morgan fingerprint density at radius 1 is 1.05 bits per heavy atom. The van der Waals surface area contributed by atoms with Gasteiger partial charge in [-0.25, -0.2) is 0 Å². The van der Waals surface area contributed by atoms with Gasteiger partial charge in [0.15, 0.2) is 0 Å². The number of benzene rings is 1. The van der Waals surface area contributed by atoms with Gasteiger partial charge in [-0.1, -0.05) is 71.2 Å². The smallest absolute Gasteiger partial charge is 0.0136 e. The molecule has 0 heterocycles. The first-order chi connectivity index (χ1) is 10.0. The molecule has 1 aromatic rings. The van der Waals surface area contributed by atoms with Crippen LogP contribution in [0.3, 0.4) is 0 Å². The highest BCUT2D eigenvalue weighted by Gasteiger charge is 2.23. The molecule has 1 fully saturated rings. The van der Waals surface area contributed by atoms with E-state index in [1.807, 2.05) is 0 Å². The van der Waals surface area contributed by atoms with Crippen LogP contribution in [0.25, 0.3) is 0 Å². The van der Waals surface area contributed by atoms with E-state index in [2.05, 4.69) is 57.3 Å². The van der Waals surface area contributed by atoms with Gasteiger partial charge >= 0.3 is 0 Å². The molecule has 0 spiro atoms. The van der Waals surface area contributed by atoms with Crippen molar-refractivity contribution < 1.29 is 0 Å². The van der Waals surface area contributed by atoms with Gasteiger partial charge in [-0.3, -0.25) is 0 Å². The van der Waals surface area contributed by atoms with Gasteiger partial charge in [0.25, 0.3) is 0 Å². The maximum absolute atomic E-state index is 3.75. The predicted octanol–water partition coefficient (Wildman–Crippen LogP) is 5.09. The maximum Gasteiger partial charge on any atom is 0.0136 e. The Morgan fingerprint density at radius 3 is 2.19 bits per heavy atom. The molecule has 0 bridgehead atoms. The molecule has 1 aromatic carbocycles. The molecule has 0 amide bonds. The molecule has 1 N–H and O–H groups in total. The second-order valence-electron chi connectivity index (χ2n) is 7.71.